The Balaban J connectivity index is 0. The average molecular weight is 871 g/mol. The van der Waals surface area contributed by atoms with Crippen molar-refractivity contribution in [3.63, 3.8) is 0 Å². The van der Waals surface area contributed by atoms with Crippen LogP contribution in [0.1, 0.15) is 34.1 Å². The maximum atomic E-state index is 3.36. The molecular weight excluding hydrogens is 822 g/mol. The van der Waals surface area contributed by atoms with Gasteiger partial charge in [-0.25, -0.2) is 17.7 Å². The summed E-state index contributed by atoms with van der Waals surface area (Å²) in [7, 11) is 0. The number of fused-ring (bicyclic) bond motifs is 6. The third kappa shape index (κ3) is 17.4. The summed E-state index contributed by atoms with van der Waals surface area (Å²) in [6.45, 7) is 17.7. The third-order valence-electron chi connectivity index (χ3n) is 7.87. The topological polar surface area (TPSA) is 0 Å². The first-order chi connectivity index (χ1) is 23.0. The van der Waals surface area contributed by atoms with E-state index in [1.807, 2.05) is 12.2 Å². The minimum atomic E-state index is 0. The molecule has 52 heavy (non-hydrogen) atoms. The Morgan fingerprint density at radius 2 is 0.942 bits per heavy atom. The number of halogens is 4. The van der Waals surface area contributed by atoms with E-state index in [1.54, 1.807) is 0 Å². The van der Waals surface area contributed by atoms with Crippen molar-refractivity contribution in [3.05, 3.63) is 156 Å². The zero-order valence-corrected chi connectivity index (χ0v) is 39.6. The molecular formula is C44H48Cl4Si2Ti2-6. The Morgan fingerprint density at radius 3 is 1.12 bits per heavy atom. The normalized spacial score (nSPS) is 12.9. The molecule has 0 bridgehead atoms. The Labute approximate surface area is 362 Å². The van der Waals surface area contributed by atoms with Crippen molar-refractivity contribution in [1.82, 2.24) is 0 Å². The van der Waals surface area contributed by atoms with Crippen molar-refractivity contribution in [2.75, 3.05) is 0 Å². The van der Waals surface area contributed by atoms with Gasteiger partial charge in [0.1, 0.15) is 0 Å². The number of allylic oxidation sites excluding steroid dienone is 8. The second-order valence-electron chi connectivity index (χ2n) is 12.4. The van der Waals surface area contributed by atoms with Gasteiger partial charge in [0.2, 0.25) is 0 Å². The predicted molar refractivity (Wildman–Crippen MR) is 211 cm³/mol. The fraction of sp³-hybridized carbons (Fsp3) is 0.227. The van der Waals surface area contributed by atoms with Crippen molar-refractivity contribution >= 4 is 55.5 Å². The first kappa shape index (κ1) is 52.7. The molecule has 8 rings (SSSR count). The maximum absolute atomic E-state index is 3.36. The first-order valence-electron chi connectivity index (χ1n) is 16.6. The van der Waals surface area contributed by atoms with Crippen LogP contribution < -0.4 is 49.6 Å². The molecule has 1 unspecified atom stereocenters. The molecule has 0 fully saturated rings. The standard InChI is InChI=1S/2C13H9.C9H13.C5H5.2C2H6Si.4ClH.2Ti/c2*1-3-7-12-10(5-1)9-11-6-2-4-8-13(11)12;1-6-5-7(2)9(4)8(6)3;1-2-4-5-3-1;2*1-3-2;;;;;;/h2*1-9H;6H,1-4H3;1-3H,4H2;2*1-2H3;4*1H;;/q4*-1;;;;;;;;+2/p-4. The van der Waals surface area contributed by atoms with Crippen LogP contribution in [0, 0.1) is 18.1 Å². The Hall–Kier alpha value is -1.40. The van der Waals surface area contributed by atoms with E-state index in [2.05, 4.69) is 220 Å². The van der Waals surface area contributed by atoms with Crippen LogP contribution in [0.25, 0.3) is 43.1 Å². The summed E-state index contributed by atoms with van der Waals surface area (Å²) < 4.78 is 0. The molecule has 0 aromatic heterocycles. The minimum Gasteiger partial charge on any atom is -1.00 e. The van der Waals surface area contributed by atoms with Crippen molar-refractivity contribution in [2.24, 2.45) is 5.92 Å². The zero-order chi connectivity index (χ0) is 35.1. The van der Waals surface area contributed by atoms with Crippen LogP contribution in [-0.4, -0.2) is 12.4 Å². The molecule has 2 aliphatic rings. The number of benzene rings is 4. The molecule has 0 amide bonds. The van der Waals surface area contributed by atoms with E-state index in [0.717, 1.165) is 6.42 Å². The number of hydrogen-bond donors (Lipinski definition) is 0. The maximum Gasteiger partial charge on any atom is -0.0771 e. The predicted octanol–water partition coefficient (Wildman–Crippen LogP) is 1.04. The third-order valence-corrected chi connectivity index (χ3v) is 7.87. The average Bonchev–Trinajstić information content (AvgIpc) is 3.87. The van der Waals surface area contributed by atoms with E-state index in [-0.39, 0.29) is 62.0 Å². The van der Waals surface area contributed by atoms with Gasteiger partial charge in [0.05, 0.1) is 0 Å². The smallest absolute Gasteiger partial charge is 0.0771 e. The van der Waals surface area contributed by atoms with Crippen LogP contribution in [0.15, 0.2) is 144 Å². The van der Waals surface area contributed by atoms with Crippen LogP contribution in [0.4, 0.5) is 0 Å². The van der Waals surface area contributed by atoms with E-state index in [0.29, 0.717) is 5.92 Å². The summed E-state index contributed by atoms with van der Waals surface area (Å²) in [5.74, 6) is 0.560. The van der Waals surface area contributed by atoms with Gasteiger partial charge in [-0.1, -0.05) is 99.5 Å². The summed E-state index contributed by atoms with van der Waals surface area (Å²) in [6.07, 6.45) is 13.6. The molecule has 1 atom stereocenters. The molecule has 0 N–H and O–H groups in total. The van der Waals surface area contributed by atoms with Gasteiger partial charge in [-0.2, -0.15) is 17.2 Å². The summed E-state index contributed by atoms with van der Waals surface area (Å²) >= 11 is 4.54. The fourth-order valence-corrected chi connectivity index (χ4v) is 5.31. The van der Waals surface area contributed by atoms with Crippen molar-refractivity contribution in [1.29, 1.82) is 0 Å². The van der Waals surface area contributed by atoms with Crippen LogP contribution >= 0.6 is 0 Å². The number of hydrogen-bond acceptors (Lipinski definition) is 0. The Bertz CT molecular complexity index is 1860. The molecule has 0 saturated heterocycles. The monoisotopic (exact) mass is 868 g/mol. The molecule has 0 saturated carbocycles. The van der Waals surface area contributed by atoms with Gasteiger partial charge < -0.3 is 49.6 Å². The Kier molecular flexibility index (Phi) is 28.5. The summed E-state index contributed by atoms with van der Waals surface area (Å²) in [6, 6.07) is 38.5. The van der Waals surface area contributed by atoms with E-state index in [9.17, 15) is 0 Å². The second kappa shape index (κ2) is 28.1. The van der Waals surface area contributed by atoms with Crippen LogP contribution in [0.3, 0.4) is 0 Å². The van der Waals surface area contributed by atoms with Gasteiger partial charge in [0, 0.05) is 0 Å². The molecule has 0 nitrogen and oxygen atoms in total. The molecule has 0 heterocycles. The molecule has 274 valence electrons. The van der Waals surface area contributed by atoms with Crippen molar-refractivity contribution in [3.8, 4) is 0 Å². The van der Waals surface area contributed by atoms with Crippen LogP contribution in [0.5, 0.6) is 0 Å². The SMILES string of the molecule is CC1=[C-]C(C)C(C)=C1C.C[Si](C)=[Ti+2].C[Si](C)=[Ti].[C-]1=CC=CC1.[Cl-].[Cl-].[Cl-].[Cl-].c1ccc2c(c1)[cH-]c1ccccc12.c1ccc2c(c1)[cH-]c1ccccc12. The van der Waals surface area contributed by atoms with E-state index >= 15 is 0 Å². The summed E-state index contributed by atoms with van der Waals surface area (Å²) in [5, 5.41) is 10.8. The van der Waals surface area contributed by atoms with Crippen LogP contribution in [-0.2, 0) is 38.3 Å². The summed E-state index contributed by atoms with van der Waals surface area (Å²) in [4.78, 5) is 0. The van der Waals surface area contributed by atoms with Crippen molar-refractivity contribution in [2.45, 2.75) is 60.3 Å². The first-order valence-corrected chi connectivity index (χ1v) is 26.3. The fourth-order valence-electron chi connectivity index (χ4n) is 5.31. The zero-order valence-electron chi connectivity index (χ0n) is 31.4. The van der Waals surface area contributed by atoms with E-state index in [4.69, 9.17) is 0 Å². The number of rotatable bonds is 0. The van der Waals surface area contributed by atoms with Gasteiger partial charge in [-0.15, -0.1) is 92.8 Å². The van der Waals surface area contributed by atoms with Crippen molar-refractivity contribution < 1.29 is 88.0 Å². The van der Waals surface area contributed by atoms with Gasteiger partial charge in [0.15, 0.2) is 0 Å². The van der Waals surface area contributed by atoms with E-state index in [1.165, 1.54) is 59.8 Å². The molecule has 6 aromatic rings. The van der Waals surface area contributed by atoms with E-state index < -0.39 is 0 Å². The molecule has 2 aliphatic carbocycles. The molecule has 0 spiro atoms. The molecule has 8 heteroatoms. The minimum absolute atomic E-state index is 0. The Morgan fingerprint density at radius 1 is 0.635 bits per heavy atom. The van der Waals surface area contributed by atoms with Gasteiger partial charge in [0.25, 0.3) is 0 Å². The van der Waals surface area contributed by atoms with Gasteiger partial charge in [-0.3, -0.25) is 12.2 Å². The molecule has 0 radical (unpaired) electrons. The molecule has 6 aromatic carbocycles. The van der Waals surface area contributed by atoms with Gasteiger partial charge in [-0.05, 0) is 0 Å². The second-order valence-corrected chi connectivity index (χ2v) is 25.8. The summed E-state index contributed by atoms with van der Waals surface area (Å²) in [5.41, 5.74) is 4.25. The quantitative estimate of drug-likeness (QED) is 0.159. The van der Waals surface area contributed by atoms with Gasteiger partial charge >= 0.3 is 76.9 Å². The largest absolute Gasteiger partial charge is 1.00 e. The molecule has 0 aliphatic heterocycles. The van der Waals surface area contributed by atoms with Crippen LogP contribution in [0.2, 0.25) is 26.2 Å².